The summed E-state index contributed by atoms with van der Waals surface area (Å²) in [4.78, 5) is 16.4. The number of benzene rings is 1. The van der Waals surface area contributed by atoms with Crippen molar-refractivity contribution in [2.45, 2.75) is 49.5 Å². The predicted molar refractivity (Wildman–Crippen MR) is 104 cm³/mol. The Kier molecular flexibility index (Phi) is 7.02. The van der Waals surface area contributed by atoms with Gasteiger partial charge in [-0.3, -0.25) is 14.5 Å². The Labute approximate surface area is 160 Å². The Balaban J connectivity index is 0.00000243. The Morgan fingerprint density at radius 2 is 2.08 bits per heavy atom. The van der Waals surface area contributed by atoms with Gasteiger partial charge in [0.05, 0.1) is 4.90 Å². The van der Waals surface area contributed by atoms with Gasteiger partial charge in [0.25, 0.3) is 10.0 Å². The number of hydrogen-bond donors (Lipinski definition) is 3. The lowest BCUT2D eigenvalue weighted by Crippen LogP contribution is -2.29. The zero-order chi connectivity index (χ0) is 17.9. The number of nitrogens with two attached hydrogens (primary N) is 1. The average molecular weight is 401 g/mol. The summed E-state index contributed by atoms with van der Waals surface area (Å²) in [6, 6.07) is 6.33. The molecule has 1 aromatic rings. The van der Waals surface area contributed by atoms with Crippen molar-refractivity contribution >= 4 is 39.9 Å². The molecule has 1 aliphatic carbocycles. The molecule has 9 heteroatoms. The highest BCUT2D eigenvalue weighted by Gasteiger charge is 2.26. The molecule has 0 spiro atoms. The van der Waals surface area contributed by atoms with Gasteiger partial charge in [0.1, 0.15) is 5.84 Å². The highest BCUT2D eigenvalue weighted by molar-refractivity contribution is 7.90. The molecule has 26 heavy (non-hydrogen) atoms. The summed E-state index contributed by atoms with van der Waals surface area (Å²) in [6.45, 7) is 0.650. The molecule has 2 aliphatic rings. The van der Waals surface area contributed by atoms with Crippen molar-refractivity contribution in [2.75, 3.05) is 11.9 Å². The summed E-state index contributed by atoms with van der Waals surface area (Å²) >= 11 is 0. The van der Waals surface area contributed by atoms with Crippen molar-refractivity contribution in [1.29, 1.82) is 0 Å². The van der Waals surface area contributed by atoms with Crippen LogP contribution in [0, 0.1) is 5.92 Å². The van der Waals surface area contributed by atoms with E-state index in [4.69, 9.17) is 5.73 Å². The van der Waals surface area contributed by atoms with Crippen LogP contribution in [-0.4, -0.2) is 32.7 Å². The summed E-state index contributed by atoms with van der Waals surface area (Å²) in [5.41, 5.74) is 6.47. The van der Waals surface area contributed by atoms with E-state index in [9.17, 15) is 13.2 Å². The van der Waals surface area contributed by atoms with E-state index in [0.29, 0.717) is 30.9 Å². The van der Waals surface area contributed by atoms with Gasteiger partial charge in [-0.15, -0.1) is 12.4 Å². The number of sulfonamides is 1. The second-order valence-corrected chi connectivity index (χ2v) is 8.35. The topological polar surface area (TPSA) is 114 Å². The largest absolute Gasteiger partial charge is 0.327 e. The molecule has 4 N–H and O–H groups in total. The summed E-state index contributed by atoms with van der Waals surface area (Å²) in [5, 5.41) is 2.78. The first kappa shape index (κ1) is 20.7. The van der Waals surface area contributed by atoms with Gasteiger partial charge in [-0.05, 0) is 43.4 Å². The van der Waals surface area contributed by atoms with E-state index >= 15 is 0 Å². The number of amides is 1. The Hall–Kier alpha value is -1.64. The highest BCUT2D eigenvalue weighted by Crippen LogP contribution is 2.27. The van der Waals surface area contributed by atoms with Gasteiger partial charge in [-0.25, -0.2) is 8.42 Å². The quantitative estimate of drug-likeness (QED) is 0.701. The number of anilines is 1. The second-order valence-electron chi connectivity index (χ2n) is 6.67. The van der Waals surface area contributed by atoms with Gasteiger partial charge in [0, 0.05) is 31.1 Å². The molecule has 7 nitrogen and oxygen atoms in total. The number of hydrogen-bond acceptors (Lipinski definition) is 5. The molecule has 1 aromatic carbocycles. The molecule has 2 atom stereocenters. The maximum atomic E-state index is 12.4. The van der Waals surface area contributed by atoms with Crippen molar-refractivity contribution < 1.29 is 13.2 Å². The summed E-state index contributed by atoms with van der Waals surface area (Å²) < 4.78 is 27.4. The molecule has 0 aromatic heterocycles. The second kappa shape index (κ2) is 8.83. The number of halogens is 1. The van der Waals surface area contributed by atoms with Crippen LogP contribution in [0.25, 0.3) is 0 Å². The molecule has 1 saturated carbocycles. The lowest BCUT2D eigenvalue weighted by atomic mass is 10.00. The van der Waals surface area contributed by atoms with Gasteiger partial charge in [-0.2, -0.15) is 0 Å². The van der Waals surface area contributed by atoms with Crippen LogP contribution >= 0.6 is 12.4 Å². The molecular formula is C17H25ClN4O3S. The van der Waals surface area contributed by atoms with E-state index in [0.717, 1.165) is 25.7 Å². The smallest absolute Gasteiger partial charge is 0.262 e. The van der Waals surface area contributed by atoms with Crippen LogP contribution in [0.2, 0.25) is 0 Å². The average Bonchev–Trinajstić information content (AvgIpc) is 3.20. The molecule has 0 radical (unpaired) electrons. The number of carbonyl (C=O) groups excluding carboxylic acids is 1. The van der Waals surface area contributed by atoms with Crippen LogP contribution in [0.1, 0.15) is 38.5 Å². The third kappa shape index (κ3) is 5.18. The lowest BCUT2D eigenvalue weighted by molar-refractivity contribution is -0.117. The minimum atomic E-state index is -3.69. The SMILES string of the molecule is Cl.N[C@@H]1CCC[C@H]1CC(=O)Nc1cccc(S(=O)(=O)NC2=NCCC2)c1. The summed E-state index contributed by atoms with van der Waals surface area (Å²) in [7, 11) is -3.69. The Morgan fingerprint density at radius 3 is 2.73 bits per heavy atom. The zero-order valence-corrected chi connectivity index (χ0v) is 16.1. The van der Waals surface area contributed by atoms with Gasteiger partial charge >= 0.3 is 0 Å². The first-order chi connectivity index (χ1) is 11.9. The van der Waals surface area contributed by atoms with E-state index in [1.54, 1.807) is 12.1 Å². The van der Waals surface area contributed by atoms with Crippen LogP contribution < -0.4 is 15.8 Å². The maximum absolute atomic E-state index is 12.4. The third-order valence-electron chi connectivity index (χ3n) is 4.72. The van der Waals surface area contributed by atoms with E-state index in [2.05, 4.69) is 15.0 Å². The fraction of sp³-hybridized carbons (Fsp3) is 0.529. The van der Waals surface area contributed by atoms with Crippen LogP contribution in [0.15, 0.2) is 34.2 Å². The zero-order valence-electron chi connectivity index (χ0n) is 14.5. The monoisotopic (exact) mass is 400 g/mol. The van der Waals surface area contributed by atoms with Crippen molar-refractivity contribution in [3.63, 3.8) is 0 Å². The molecule has 1 aliphatic heterocycles. The fourth-order valence-corrected chi connectivity index (χ4v) is 4.48. The Morgan fingerprint density at radius 1 is 1.27 bits per heavy atom. The first-order valence-corrected chi connectivity index (χ1v) is 10.1. The highest BCUT2D eigenvalue weighted by atomic mass is 35.5. The van der Waals surface area contributed by atoms with Crippen LogP contribution in [0.3, 0.4) is 0 Å². The van der Waals surface area contributed by atoms with Gasteiger partial charge < -0.3 is 11.1 Å². The van der Waals surface area contributed by atoms with Crippen molar-refractivity contribution in [2.24, 2.45) is 16.6 Å². The van der Waals surface area contributed by atoms with Gasteiger partial charge in [0.15, 0.2) is 0 Å². The molecule has 0 unspecified atom stereocenters. The summed E-state index contributed by atoms with van der Waals surface area (Å²) in [5.74, 6) is 0.559. The third-order valence-corrected chi connectivity index (χ3v) is 6.10. The molecular weight excluding hydrogens is 376 g/mol. The van der Waals surface area contributed by atoms with Crippen LogP contribution in [-0.2, 0) is 14.8 Å². The molecule has 0 saturated heterocycles. The molecule has 1 heterocycles. The predicted octanol–water partition coefficient (Wildman–Crippen LogP) is 2.03. The molecule has 1 fully saturated rings. The maximum Gasteiger partial charge on any atom is 0.262 e. The number of nitrogens with one attached hydrogen (secondary N) is 2. The molecule has 1 amide bonds. The van der Waals surface area contributed by atoms with E-state index < -0.39 is 10.0 Å². The minimum Gasteiger partial charge on any atom is -0.327 e. The van der Waals surface area contributed by atoms with E-state index in [1.807, 2.05) is 0 Å². The number of nitrogens with zero attached hydrogens (tertiary/aromatic N) is 1. The van der Waals surface area contributed by atoms with Gasteiger partial charge in [0.2, 0.25) is 5.91 Å². The van der Waals surface area contributed by atoms with Gasteiger partial charge in [-0.1, -0.05) is 12.5 Å². The summed E-state index contributed by atoms with van der Waals surface area (Å²) in [6.07, 6.45) is 4.85. The normalized spacial score (nSPS) is 22.4. The first-order valence-electron chi connectivity index (χ1n) is 8.66. The van der Waals surface area contributed by atoms with Crippen molar-refractivity contribution in [3.05, 3.63) is 24.3 Å². The Bertz CT molecular complexity index is 782. The fourth-order valence-electron chi connectivity index (χ4n) is 3.35. The lowest BCUT2D eigenvalue weighted by Gasteiger charge is -2.15. The molecule has 144 valence electrons. The minimum absolute atomic E-state index is 0. The van der Waals surface area contributed by atoms with Crippen molar-refractivity contribution in [3.8, 4) is 0 Å². The molecule has 0 bridgehead atoms. The number of carbonyl (C=O) groups is 1. The van der Waals surface area contributed by atoms with Crippen LogP contribution in [0.5, 0.6) is 0 Å². The van der Waals surface area contributed by atoms with E-state index in [-0.39, 0.29) is 35.2 Å². The number of amidine groups is 1. The van der Waals surface area contributed by atoms with E-state index in [1.165, 1.54) is 12.1 Å². The standard InChI is InChI=1S/C17H24N4O3S.ClH/c18-15-7-1-4-12(15)10-17(22)20-13-5-2-6-14(11-13)25(23,24)21-16-8-3-9-19-16;/h2,5-6,11-12,15H,1,3-4,7-10,18H2,(H,19,21)(H,20,22);1H/t12-,15+;/m0./s1. The molecule has 3 rings (SSSR count). The number of aliphatic imine (C=N–C) groups is 1. The van der Waals surface area contributed by atoms with Crippen molar-refractivity contribution in [1.82, 2.24) is 4.72 Å². The number of rotatable bonds is 5. The van der Waals surface area contributed by atoms with Crippen LogP contribution in [0.4, 0.5) is 5.69 Å².